The van der Waals surface area contributed by atoms with Crippen LogP contribution in [-0.4, -0.2) is 26.6 Å². The summed E-state index contributed by atoms with van der Waals surface area (Å²) in [5, 5.41) is 0. The van der Waals surface area contributed by atoms with E-state index >= 15 is 0 Å². The average molecular weight is 232 g/mol. The third-order valence-electron chi connectivity index (χ3n) is 2.18. The molecule has 0 aromatic heterocycles. The second kappa shape index (κ2) is 5.81. The van der Waals surface area contributed by atoms with Gasteiger partial charge in [0.1, 0.15) is 11.6 Å². The molecule has 0 saturated carbocycles. The van der Waals surface area contributed by atoms with Gasteiger partial charge >= 0.3 is 0 Å². The van der Waals surface area contributed by atoms with Crippen molar-refractivity contribution in [2.45, 2.75) is 6.42 Å². The summed E-state index contributed by atoms with van der Waals surface area (Å²) in [7, 11) is 3.47. The highest BCUT2D eigenvalue weighted by atomic mass is 35.5. The number of anilines is 1. The van der Waals surface area contributed by atoms with Crippen LogP contribution in [0.3, 0.4) is 0 Å². The molecule has 1 rings (SSSR count). The molecule has 0 N–H and O–H groups in total. The van der Waals surface area contributed by atoms with Gasteiger partial charge in [-0.25, -0.2) is 4.39 Å². The first kappa shape index (κ1) is 12.1. The fourth-order valence-corrected chi connectivity index (χ4v) is 1.50. The van der Waals surface area contributed by atoms with Crippen LogP contribution >= 0.6 is 11.6 Å². The molecule has 0 atom stereocenters. The van der Waals surface area contributed by atoms with Crippen molar-refractivity contribution < 1.29 is 9.13 Å². The summed E-state index contributed by atoms with van der Waals surface area (Å²) < 4.78 is 18.2. The van der Waals surface area contributed by atoms with Crippen LogP contribution in [0.15, 0.2) is 18.2 Å². The van der Waals surface area contributed by atoms with Crippen LogP contribution in [0.2, 0.25) is 0 Å². The summed E-state index contributed by atoms with van der Waals surface area (Å²) in [6, 6.07) is 4.48. The van der Waals surface area contributed by atoms with E-state index < -0.39 is 0 Å². The Bertz CT molecular complexity index is 319. The summed E-state index contributed by atoms with van der Waals surface area (Å²) >= 11 is 5.61. The summed E-state index contributed by atoms with van der Waals surface area (Å²) in [6.45, 7) is 0.781. The van der Waals surface area contributed by atoms with Crippen LogP contribution in [-0.2, 0) is 0 Å². The summed E-state index contributed by atoms with van der Waals surface area (Å²) in [5.41, 5.74) is 0.752. The van der Waals surface area contributed by atoms with Crippen LogP contribution in [0.4, 0.5) is 10.1 Å². The first-order chi connectivity index (χ1) is 7.19. The normalized spacial score (nSPS) is 10.1. The highest BCUT2D eigenvalue weighted by Gasteiger charge is 2.08. The van der Waals surface area contributed by atoms with Gasteiger partial charge in [-0.2, -0.15) is 0 Å². The molecule has 2 nitrogen and oxygen atoms in total. The van der Waals surface area contributed by atoms with Crippen LogP contribution in [0, 0.1) is 5.82 Å². The third kappa shape index (κ3) is 3.27. The molecule has 0 radical (unpaired) electrons. The topological polar surface area (TPSA) is 12.5 Å². The molecule has 0 unspecified atom stereocenters. The number of hydrogen-bond acceptors (Lipinski definition) is 2. The monoisotopic (exact) mass is 231 g/mol. The molecule has 1 aromatic carbocycles. The summed E-state index contributed by atoms with van der Waals surface area (Å²) in [4.78, 5) is 1.93. The molecule has 0 bridgehead atoms. The molecule has 0 aliphatic rings. The number of halogens is 2. The Labute approximate surface area is 94.6 Å². The predicted molar refractivity (Wildman–Crippen MR) is 61.6 cm³/mol. The zero-order valence-electron chi connectivity index (χ0n) is 8.96. The molecule has 0 amide bonds. The molecule has 4 heteroatoms. The lowest BCUT2D eigenvalue weighted by Crippen LogP contribution is -2.19. The largest absolute Gasteiger partial charge is 0.495 e. The fourth-order valence-electron chi connectivity index (χ4n) is 1.38. The highest BCUT2D eigenvalue weighted by Crippen LogP contribution is 2.28. The van der Waals surface area contributed by atoms with E-state index in [1.54, 1.807) is 13.2 Å². The van der Waals surface area contributed by atoms with Gasteiger partial charge in [0.25, 0.3) is 0 Å². The van der Waals surface area contributed by atoms with Gasteiger partial charge in [-0.15, -0.1) is 11.6 Å². The number of alkyl halides is 1. The number of ether oxygens (including phenoxy) is 1. The van der Waals surface area contributed by atoms with Gasteiger partial charge in [-0.1, -0.05) is 0 Å². The zero-order valence-corrected chi connectivity index (χ0v) is 9.72. The van der Waals surface area contributed by atoms with Crippen molar-refractivity contribution in [1.29, 1.82) is 0 Å². The third-order valence-corrected chi connectivity index (χ3v) is 2.45. The van der Waals surface area contributed by atoms with Gasteiger partial charge in [0.05, 0.1) is 12.8 Å². The minimum Gasteiger partial charge on any atom is -0.495 e. The maximum absolute atomic E-state index is 13.1. The molecule has 15 heavy (non-hydrogen) atoms. The number of methoxy groups -OCH3 is 1. The van der Waals surface area contributed by atoms with Crippen LogP contribution in [0.5, 0.6) is 5.75 Å². The van der Waals surface area contributed by atoms with E-state index in [1.165, 1.54) is 12.1 Å². The van der Waals surface area contributed by atoms with E-state index in [2.05, 4.69) is 0 Å². The van der Waals surface area contributed by atoms with Crippen molar-refractivity contribution in [3.63, 3.8) is 0 Å². The van der Waals surface area contributed by atoms with E-state index in [4.69, 9.17) is 16.3 Å². The quantitative estimate of drug-likeness (QED) is 0.723. The predicted octanol–water partition coefficient (Wildman–Crippen LogP) is 2.90. The maximum Gasteiger partial charge on any atom is 0.142 e. The molecule has 0 fully saturated rings. The van der Waals surface area contributed by atoms with Crippen LogP contribution in [0.1, 0.15) is 6.42 Å². The Morgan fingerprint density at radius 3 is 2.80 bits per heavy atom. The fraction of sp³-hybridized carbons (Fsp3) is 0.455. The van der Waals surface area contributed by atoms with Crippen molar-refractivity contribution >= 4 is 17.3 Å². The van der Waals surface area contributed by atoms with E-state index in [-0.39, 0.29) is 5.82 Å². The Kier molecular flexibility index (Phi) is 4.69. The van der Waals surface area contributed by atoms with E-state index in [0.717, 1.165) is 18.7 Å². The van der Waals surface area contributed by atoms with E-state index in [0.29, 0.717) is 11.6 Å². The molecule has 0 saturated heterocycles. The Balaban J connectivity index is 2.85. The standard InChI is InChI=1S/C11H15ClFNO/c1-14(7-3-6-12)10-8-9(13)4-5-11(10)15-2/h4-5,8H,3,6-7H2,1-2H3. The van der Waals surface area contributed by atoms with Crippen molar-refractivity contribution in [1.82, 2.24) is 0 Å². The average Bonchev–Trinajstić information content (AvgIpc) is 2.25. The number of rotatable bonds is 5. The Morgan fingerprint density at radius 1 is 1.47 bits per heavy atom. The van der Waals surface area contributed by atoms with Gasteiger partial charge in [-0.3, -0.25) is 0 Å². The van der Waals surface area contributed by atoms with Gasteiger partial charge < -0.3 is 9.64 Å². The van der Waals surface area contributed by atoms with E-state index in [1.807, 2.05) is 11.9 Å². The SMILES string of the molecule is COc1ccc(F)cc1N(C)CCCCl. The first-order valence-corrected chi connectivity index (χ1v) is 5.33. The maximum atomic E-state index is 13.1. The van der Waals surface area contributed by atoms with Crippen LogP contribution < -0.4 is 9.64 Å². The number of benzene rings is 1. The number of hydrogen-bond donors (Lipinski definition) is 0. The molecule has 0 spiro atoms. The Hall–Kier alpha value is -0.960. The van der Waals surface area contributed by atoms with Gasteiger partial charge in [0.15, 0.2) is 0 Å². The second-order valence-electron chi connectivity index (χ2n) is 3.28. The zero-order chi connectivity index (χ0) is 11.3. The number of nitrogens with zero attached hydrogens (tertiary/aromatic N) is 1. The summed E-state index contributed by atoms with van der Waals surface area (Å²) in [6.07, 6.45) is 0.859. The van der Waals surface area contributed by atoms with Gasteiger partial charge in [0.2, 0.25) is 0 Å². The lowest BCUT2D eigenvalue weighted by atomic mass is 10.2. The van der Waals surface area contributed by atoms with E-state index in [9.17, 15) is 4.39 Å². The molecular formula is C11H15ClFNO. The first-order valence-electron chi connectivity index (χ1n) is 4.79. The van der Waals surface area contributed by atoms with Gasteiger partial charge in [0, 0.05) is 25.5 Å². The second-order valence-corrected chi connectivity index (χ2v) is 3.66. The molecule has 0 aliphatic carbocycles. The summed E-state index contributed by atoms with van der Waals surface area (Å²) in [5.74, 6) is 1.01. The van der Waals surface area contributed by atoms with Crippen LogP contribution in [0.25, 0.3) is 0 Å². The smallest absolute Gasteiger partial charge is 0.142 e. The molecule has 1 aromatic rings. The van der Waals surface area contributed by atoms with Gasteiger partial charge in [-0.05, 0) is 18.6 Å². The van der Waals surface area contributed by atoms with Crippen molar-refractivity contribution in [3.8, 4) is 5.75 Å². The minimum atomic E-state index is -0.261. The molecule has 0 heterocycles. The highest BCUT2D eigenvalue weighted by molar-refractivity contribution is 6.17. The van der Waals surface area contributed by atoms with Crippen molar-refractivity contribution in [2.75, 3.05) is 31.5 Å². The van der Waals surface area contributed by atoms with Crippen molar-refractivity contribution in [2.24, 2.45) is 0 Å². The molecular weight excluding hydrogens is 217 g/mol. The minimum absolute atomic E-state index is 0.261. The molecule has 0 aliphatic heterocycles. The molecule has 84 valence electrons. The lowest BCUT2D eigenvalue weighted by Gasteiger charge is -2.21. The Morgan fingerprint density at radius 2 is 2.20 bits per heavy atom. The van der Waals surface area contributed by atoms with Crippen molar-refractivity contribution in [3.05, 3.63) is 24.0 Å². The lowest BCUT2D eigenvalue weighted by molar-refractivity contribution is 0.413.